The molecule has 0 aliphatic heterocycles. The van der Waals surface area contributed by atoms with Crippen molar-refractivity contribution >= 4 is 17.9 Å². The Morgan fingerprint density at radius 3 is 0.762 bits per heavy atom. The van der Waals surface area contributed by atoms with E-state index in [1.54, 1.807) is 0 Å². The van der Waals surface area contributed by atoms with Crippen molar-refractivity contribution in [2.75, 3.05) is 13.2 Å². The van der Waals surface area contributed by atoms with Crippen LogP contribution in [0.25, 0.3) is 0 Å². The molecular weight excluding hydrogens is 985 g/mol. The van der Waals surface area contributed by atoms with Crippen molar-refractivity contribution in [3.63, 3.8) is 0 Å². The van der Waals surface area contributed by atoms with Crippen molar-refractivity contribution < 1.29 is 28.6 Å². The van der Waals surface area contributed by atoms with E-state index in [1.807, 2.05) is 0 Å². The molecule has 6 nitrogen and oxygen atoms in total. The molecule has 0 heterocycles. The number of allylic oxidation sites excluding steroid dienone is 12. The standard InChI is InChI=1S/C74H132O6/c1-4-7-10-13-16-19-21-23-25-27-29-31-33-34-35-36-37-38-39-40-41-43-44-46-48-50-52-55-58-61-64-67-73(76)79-70-71(69-78-72(75)66-63-60-57-54-18-15-12-9-6-3)80-74(77)68-65-62-59-56-53-51-49-47-45-42-32-30-28-26-24-22-20-17-14-11-8-5-2/h7,10,16,19,23,25,29,31,34-35,37-38,71H,4-6,8-9,11-15,17-18,20-22,24,26-28,30,32-33,36,39-70H2,1-3H3/b10-7-,19-16-,25-23-,31-29-,35-34-,38-37-. The molecule has 6 heteroatoms. The Hall–Kier alpha value is -3.15. The van der Waals surface area contributed by atoms with Gasteiger partial charge in [-0.2, -0.15) is 0 Å². The van der Waals surface area contributed by atoms with Crippen LogP contribution in [0.4, 0.5) is 0 Å². The van der Waals surface area contributed by atoms with Gasteiger partial charge in [0, 0.05) is 19.3 Å². The molecule has 0 saturated heterocycles. The summed E-state index contributed by atoms with van der Waals surface area (Å²) in [4.78, 5) is 38.3. The zero-order valence-corrected chi connectivity index (χ0v) is 53.3. The summed E-state index contributed by atoms with van der Waals surface area (Å²) < 4.78 is 16.9. The van der Waals surface area contributed by atoms with Gasteiger partial charge in [-0.05, 0) is 70.6 Å². The van der Waals surface area contributed by atoms with Gasteiger partial charge in [-0.1, -0.05) is 344 Å². The summed E-state index contributed by atoms with van der Waals surface area (Å²) in [5, 5.41) is 0. The lowest BCUT2D eigenvalue weighted by Gasteiger charge is -2.18. The van der Waals surface area contributed by atoms with Crippen LogP contribution in [-0.4, -0.2) is 37.2 Å². The van der Waals surface area contributed by atoms with Crippen molar-refractivity contribution in [1.82, 2.24) is 0 Å². The van der Waals surface area contributed by atoms with E-state index in [1.165, 1.54) is 225 Å². The molecule has 0 aromatic rings. The first-order valence-corrected chi connectivity index (χ1v) is 34.9. The van der Waals surface area contributed by atoms with Crippen molar-refractivity contribution in [2.45, 2.75) is 367 Å². The smallest absolute Gasteiger partial charge is 0.306 e. The lowest BCUT2D eigenvalue weighted by Crippen LogP contribution is -2.30. The van der Waals surface area contributed by atoms with Gasteiger partial charge in [0.1, 0.15) is 13.2 Å². The fourth-order valence-electron chi connectivity index (χ4n) is 10.3. The highest BCUT2D eigenvalue weighted by Gasteiger charge is 2.19. The largest absolute Gasteiger partial charge is 0.462 e. The molecule has 464 valence electrons. The van der Waals surface area contributed by atoms with Crippen molar-refractivity contribution in [3.8, 4) is 0 Å². The average Bonchev–Trinajstić information content (AvgIpc) is 3.46. The van der Waals surface area contributed by atoms with Gasteiger partial charge >= 0.3 is 17.9 Å². The van der Waals surface area contributed by atoms with Crippen LogP contribution in [-0.2, 0) is 28.6 Å². The lowest BCUT2D eigenvalue weighted by molar-refractivity contribution is -0.167. The number of unbranched alkanes of at least 4 members (excludes halogenated alkanes) is 41. The maximum absolute atomic E-state index is 12.9. The predicted molar refractivity (Wildman–Crippen MR) is 348 cm³/mol. The van der Waals surface area contributed by atoms with Gasteiger partial charge in [0.15, 0.2) is 6.10 Å². The summed E-state index contributed by atoms with van der Waals surface area (Å²) >= 11 is 0. The Morgan fingerprint density at radius 1 is 0.263 bits per heavy atom. The molecule has 0 bridgehead atoms. The van der Waals surface area contributed by atoms with E-state index < -0.39 is 6.10 Å². The molecule has 0 amide bonds. The van der Waals surface area contributed by atoms with E-state index >= 15 is 0 Å². The Balaban J connectivity index is 4.13. The molecule has 1 atom stereocenters. The lowest BCUT2D eigenvalue weighted by atomic mass is 10.0. The molecule has 1 unspecified atom stereocenters. The van der Waals surface area contributed by atoms with Gasteiger partial charge in [0.2, 0.25) is 0 Å². The van der Waals surface area contributed by atoms with E-state index in [4.69, 9.17) is 14.2 Å². The summed E-state index contributed by atoms with van der Waals surface area (Å²) in [6.07, 6.45) is 89.4. The Labute approximate surface area is 497 Å². The summed E-state index contributed by atoms with van der Waals surface area (Å²) in [5.41, 5.74) is 0. The second kappa shape index (κ2) is 68.3. The Bertz CT molecular complexity index is 1470. The number of carbonyl (C=O) groups excluding carboxylic acids is 3. The molecule has 0 N–H and O–H groups in total. The number of ether oxygens (including phenoxy) is 3. The van der Waals surface area contributed by atoms with Crippen LogP contribution >= 0.6 is 0 Å². The van der Waals surface area contributed by atoms with Crippen molar-refractivity contribution in [1.29, 1.82) is 0 Å². The fraction of sp³-hybridized carbons (Fsp3) is 0.797. The number of esters is 3. The Morgan fingerprint density at radius 2 is 0.487 bits per heavy atom. The molecule has 0 aliphatic carbocycles. The van der Waals surface area contributed by atoms with Gasteiger partial charge in [-0.15, -0.1) is 0 Å². The third-order valence-corrected chi connectivity index (χ3v) is 15.5. The molecule has 0 radical (unpaired) electrons. The van der Waals surface area contributed by atoms with Crippen molar-refractivity contribution in [3.05, 3.63) is 72.9 Å². The first-order valence-electron chi connectivity index (χ1n) is 34.9. The molecule has 0 spiro atoms. The number of hydrogen-bond acceptors (Lipinski definition) is 6. The van der Waals surface area contributed by atoms with E-state index in [9.17, 15) is 14.4 Å². The summed E-state index contributed by atoms with van der Waals surface area (Å²) in [6.45, 7) is 6.56. The minimum atomic E-state index is -0.772. The monoisotopic (exact) mass is 1120 g/mol. The van der Waals surface area contributed by atoms with Gasteiger partial charge in [0.25, 0.3) is 0 Å². The molecule has 0 aromatic heterocycles. The van der Waals surface area contributed by atoms with Crippen LogP contribution in [0, 0.1) is 0 Å². The van der Waals surface area contributed by atoms with Gasteiger partial charge in [-0.25, -0.2) is 0 Å². The Kier molecular flexibility index (Phi) is 65.7. The maximum Gasteiger partial charge on any atom is 0.306 e. The van der Waals surface area contributed by atoms with Crippen LogP contribution in [0.5, 0.6) is 0 Å². The first kappa shape index (κ1) is 76.9. The van der Waals surface area contributed by atoms with Crippen LogP contribution < -0.4 is 0 Å². The quantitative estimate of drug-likeness (QED) is 0.0261. The van der Waals surface area contributed by atoms with Gasteiger partial charge in [0.05, 0.1) is 0 Å². The summed E-state index contributed by atoms with van der Waals surface area (Å²) in [7, 11) is 0. The third-order valence-electron chi connectivity index (χ3n) is 15.5. The SMILES string of the molecule is CC/C=C\C/C=C\C/C=C\C/C=C\C/C=C\C/C=C\CCCCCCCCCCCCCCC(=O)OCC(COC(=O)CCCCCCCCCCC)OC(=O)CCCCCCCCCCCCCCCCCCCCCCCC. The molecule has 0 fully saturated rings. The minimum absolute atomic E-state index is 0.0697. The topological polar surface area (TPSA) is 78.9 Å². The highest BCUT2D eigenvalue weighted by Crippen LogP contribution is 2.18. The van der Waals surface area contributed by atoms with E-state index in [-0.39, 0.29) is 31.1 Å². The van der Waals surface area contributed by atoms with Crippen LogP contribution in [0.2, 0.25) is 0 Å². The number of rotatable bonds is 64. The number of hydrogen-bond donors (Lipinski definition) is 0. The highest BCUT2D eigenvalue weighted by molar-refractivity contribution is 5.71. The molecular formula is C74H132O6. The van der Waals surface area contributed by atoms with E-state index in [2.05, 4.69) is 93.7 Å². The van der Waals surface area contributed by atoms with Gasteiger partial charge < -0.3 is 14.2 Å². The second-order valence-electron chi connectivity index (χ2n) is 23.4. The van der Waals surface area contributed by atoms with Crippen LogP contribution in [0.3, 0.4) is 0 Å². The summed E-state index contributed by atoms with van der Waals surface area (Å²) in [5.74, 6) is -0.853. The van der Waals surface area contributed by atoms with Crippen molar-refractivity contribution in [2.24, 2.45) is 0 Å². The fourth-order valence-corrected chi connectivity index (χ4v) is 10.3. The highest BCUT2D eigenvalue weighted by atomic mass is 16.6. The first-order chi connectivity index (χ1) is 39.5. The van der Waals surface area contributed by atoms with Gasteiger partial charge in [-0.3, -0.25) is 14.4 Å². The zero-order chi connectivity index (χ0) is 57.8. The zero-order valence-electron chi connectivity index (χ0n) is 53.3. The third kappa shape index (κ3) is 65.7. The normalized spacial score (nSPS) is 12.5. The van der Waals surface area contributed by atoms with E-state index in [0.717, 1.165) is 96.3 Å². The van der Waals surface area contributed by atoms with Crippen LogP contribution in [0.15, 0.2) is 72.9 Å². The number of carbonyl (C=O) groups is 3. The predicted octanol–water partition coefficient (Wildman–Crippen LogP) is 24.1. The minimum Gasteiger partial charge on any atom is -0.462 e. The molecule has 0 aromatic carbocycles. The average molecular weight is 1120 g/mol. The maximum atomic E-state index is 12.9. The molecule has 0 saturated carbocycles. The van der Waals surface area contributed by atoms with Crippen LogP contribution in [0.1, 0.15) is 361 Å². The van der Waals surface area contributed by atoms with E-state index in [0.29, 0.717) is 19.3 Å². The summed E-state index contributed by atoms with van der Waals surface area (Å²) in [6, 6.07) is 0. The molecule has 80 heavy (non-hydrogen) atoms. The molecule has 0 aliphatic rings. The molecule has 0 rings (SSSR count). The second-order valence-corrected chi connectivity index (χ2v) is 23.4.